The molecule has 1 heterocycles. The van der Waals surface area contributed by atoms with Gasteiger partial charge < -0.3 is 10.4 Å². The van der Waals surface area contributed by atoms with Crippen LogP contribution in [-0.2, 0) is 14.8 Å². The number of carbonyl (C=O) groups is 1. The minimum Gasteiger partial charge on any atom is -0.505 e. The van der Waals surface area contributed by atoms with E-state index < -0.39 is 32.8 Å². The molecule has 0 saturated heterocycles. The molecule has 2 N–H and O–H groups in total. The predicted octanol–water partition coefficient (Wildman–Crippen LogP) is 1.55. The second-order valence-electron chi connectivity index (χ2n) is 5.31. The molecule has 1 aliphatic rings. The van der Waals surface area contributed by atoms with E-state index in [0.29, 0.717) is 4.31 Å². The van der Waals surface area contributed by atoms with Crippen molar-refractivity contribution in [1.29, 1.82) is 0 Å². The highest BCUT2D eigenvalue weighted by atomic mass is 32.2. The molecule has 7 nitrogen and oxygen atoms in total. The fraction of sp³-hybridized carbons (Fsp3) is 0.0588. The van der Waals surface area contributed by atoms with Gasteiger partial charge >= 0.3 is 0 Å². The summed E-state index contributed by atoms with van der Waals surface area (Å²) >= 11 is 0. The van der Waals surface area contributed by atoms with Crippen LogP contribution >= 0.6 is 0 Å². The van der Waals surface area contributed by atoms with E-state index in [1.165, 1.54) is 43.4 Å². The Labute approximate surface area is 143 Å². The first-order chi connectivity index (χ1) is 11.8. The zero-order valence-corrected chi connectivity index (χ0v) is 13.9. The van der Waals surface area contributed by atoms with E-state index >= 15 is 0 Å². The van der Waals surface area contributed by atoms with Crippen LogP contribution in [0.15, 0.2) is 70.0 Å². The van der Waals surface area contributed by atoms with Gasteiger partial charge in [0.05, 0.1) is 10.6 Å². The maximum Gasteiger partial charge on any atom is 0.276 e. The molecular weight excluding hydrogens is 344 g/mol. The highest BCUT2D eigenvalue weighted by molar-refractivity contribution is 7.89. The van der Waals surface area contributed by atoms with Crippen molar-refractivity contribution in [2.45, 2.75) is 4.90 Å². The van der Waals surface area contributed by atoms with Gasteiger partial charge in [0.2, 0.25) is 5.43 Å². The van der Waals surface area contributed by atoms with E-state index in [1.807, 2.05) is 0 Å². The number of aliphatic hydroxyl groups excluding tert-OH is 1. The van der Waals surface area contributed by atoms with Gasteiger partial charge in [-0.25, -0.2) is 8.42 Å². The van der Waals surface area contributed by atoms with Crippen LogP contribution < -0.4 is 10.7 Å². The number of hydrogen-bond acceptors (Lipinski definition) is 5. The third-order valence-electron chi connectivity index (χ3n) is 3.78. The molecule has 0 spiro atoms. The van der Waals surface area contributed by atoms with Gasteiger partial charge in [-0.05, 0) is 24.3 Å². The molecule has 0 atom stereocenters. The molecule has 0 radical (unpaired) electrons. The second kappa shape index (κ2) is 6.06. The summed E-state index contributed by atoms with van der Waals surface area (Å²) < 4.78 is 25.8. The van der Waals surface area contributed by atoms with Crippen LogP contribution in [0.4, 0.5) is 5.69 Å². The lowest BCUT2D eigenvalue weighted by Crippen LogP contribution is -2.37. The van der Waals surface area contributed by atoms with Gasteiger partial charge in [-0.1, -0.05) is 30.3 Å². The lowest BCUT2D eigenvalue weighted by molar-refractivity contribution is -0.113. The first-order valence-corrected chi connectivity index (χ1v) is 8.70. The van der Waals surface area contributed by atoms with Gasteiger partial charge in [0.15, 0.2) is 11.5 Å². The molecule has 2 aromatic rings. The molecule has 0 aromatic heterocycles. The minimum atomic E-state index is -3.99. The number of amides is 1. The number of hydrogen-bond donors (Lipinski definition) is 2. The molecule has 0 saturated carbocycles. The van der Waals surface area contributed by atoms with Gasteiger partial charge in [0.25, 0.3) is 15.9 Å². The molecule has 25 heavy (non-hydrogen) atoms. The Morgan fingerprint density at radius 1 is 1.04 bits per heavy atom. The first-order valence-electron chi connectivity index (χ1n) is 7.26. The summed E-state index contributed by atoms with van der Waals surface area (Å²) in [5, 5.41) is 12.8. The van der Waals surface area contributed by atoms with E-state index in [4.69, 9.17) is 0 Å². The Bertz CT molecular complexity index is 1060. The number of anilines is 1. The lowest BCUT2D eigenvalue weighted by Gasteiger charge is -2.28. The number of sulfonamides is 1. The third-order valence-corrected chi connectivity index (χ3v) is 5.60. The van der Waals surface area contributed by atoms with Crippen LogP contribution in [0.3, 0.4) is 0 Å². The monoisotopic (exact) mass is 358 g/mol. The topological polar surface area (TPSA) is 104 Å². The molecule has 1 aliphatic heterocycles. The van der Waals surface area contributed by atoms with Crippen molar-refractivity contribution in [2.75, 3.05) is 12.4 Å². The summed E-state index contributed by atoms with van der Waals surface area (Å²) in [5.74, 6) is -1.38. The van der Waals surface area contributed by atoms with Crippen molar-refractivity contribution in [1.82, 2.24) is 4.31 Å². The zero-order valence-electron chi connectivity index (χ0n) is 13.1. The van der Waals surface area contributed by atoms with Gasteiger partial charge in [-0.15, -0.1) is 0 Å². The number of rotatable bonds is 2. The summed E-state index contributed by atoms with van der Waals surface area (Å²) in [6.45, 7) is 0. The fourth-order valence-corrected chi connectivity index (χ4v) is 3.90. The van der Waals surface area contributed by atoms with Crippen LogP contribution in [0.5, 0.6) is 0 Å². The predicted molar refractivity (Wildman–Crippen MR) is 92.3 cm³/mol. The SMILES string of the molecule is CN1C(C(=O)Nc2cccccc2=O)=C(O)c2ccccc2S1(=O)=O. The number of benzene rings is 1. The van der Waals surface area contributed by atoms with Crippen LogP contribution in [0, 0.1) is 0 Å². The van der Waals surface area contributed by atoms with Crippen LogP contribution in [0.2, 0.25) is 0 Å². The molecule has 1 amide bonds. The summed E-state index contributed by atoms with van der Waals surface area (Å²) in [4.78, 5) is 24.4. The molecule has 3 rings (SSSR count). The number of fused-ring (bicyclic) bond motifs is 1. The average molecular weight is 358 g/mol. The Morgan fingerprint density at radius 2 is 1.68 bits per heavy atom. The van der Waals surface area contributed by atoms with E-state index in [1.54, 1.807) is 18.2 Å². The van der Waals surface area contributed by atoms with Crippen molar-refractivity contribution < 1.29 is 18.3 Å². The number of nitrogens with zero attached hydrogens (tertiary/aromatic N) is 1. The van der Waals surface area contributed by atoms with Crippen LogP contribution in [0.25, 0.3) is 5.76 Å². The standard InChI is InChI=1S/C17H14N2O5S/c1-19-15(17(22)18-12-8-3-2-4-9-13(12)20)16(21)11-7-5-6-10-14(11)25(19,23)24/h2-10,21H,1H3,(H,18,20,22). The van der Waals surface area contributed by atoms with E-state index in [-0.39, 0.29) is 16.1 Å². The molecular formula is C17H14N2O5S. The van der Waals surface area contributed by atoms with Gasteiger partial charge in [-0.2, -0.15) is 0 Å². The van der Waals surface area contributed by atoms with Crippen molar-refractivity contribution in [3.8, 4) is 0 Å². The molecule has 2 aromatic carbocycles. The molecule has 0 aliphatic carbocycles. The largest absolute Gasteiger partial charge is 0.505 e. The van der Waals surface area contributed by atoms with E-state index in [9.17, 15) is 23.1 Å². The van der Waals surface area contributed by atoms with Gasteiger partial charge in [0, 0.05) is 12.6 Å². The fourth-order valence-electron chi connectivity index (χ4n) is 2.50. The minimum absolute atomic E-state index is 0.0278. The Morgan fingerprint density at radius 3 is 2.44 bits per heavy atom. The molecule has 128 valence electrons. The maximum atomic E-state index is 12.6. The molecule has 0 bridgehead atoms. The van der Waals surface area contributed by atoms with Crippen LogP contribution in [-0.4, -0.2) is 30.8 Å². The Hall–Kier alpha value is -3.13. The van der Waals surface area contributed by atoms with E-state index in [0.717, 1.165) is 0 Å². The van der Waals surface area contributed by atoms with Crippen LogP contribution in [0.1, 0.15) is 5.56 Å². The van der Waals surface area contributed by atoms with Gasteiger partial charge in [0.1, 0.15) is 0 Å². The van der Waals surface area contributed by atoms with Crippen molar-refractivity contribution in [3.05, 3.63) is 76.1 Å². The highest BCUT2D eigenvalue weighted by Crippen LogP contribution is 2.34. The summed E-state index contributed by atoms with van der Waals surface area (Å²) in [7, 11) is -2.82. The normalized spacial score (nSPS) is 15.5. The lowest BCUT2D eigenvalue weighted by atomic mass is 10.1. The maximum absolute atomic E-state index is 12.6. The average Bonchev–Trinajstić information content (AvgIpc) is 2.78. The first kappa shape index (κ1) is 16.7. The third kappa shape index (κ3) is 2.76. The van der Waals surface area contributed by atoms with E-state index in [2.05, 4.69) is 5.32 Å². The Balaban J connectivity index is 2.12. The van der Waals surface area contributed by atoms with Crippen molar-refractivity contribution in [3.63, 3.8) is 0 Å². The summed E-state index contributed by atoms with van der Waals surface area (Å²) in [5.41, 5.74) is -0.892. The van der Waals surface area contributed by atoms with Crippen molar-refractivity contribution >= 4 is 27.4 Å². The van der Waals surface area contributed by atoms with Crippen molar-refractivity contribution in [2.24, 2.45) is 0 Å². The summed E-state index contributed by atoms with van der Waals surface area (Å²) in [6.07, 6.45) is 0. The second-order valence-corrected chi connectivity index (χ2v) is 7.25. The number of likely N-dealkylation sites (N-methyl/N-ethyl adjacent to an activating group) is 1. The number of aliphatic hydroxyl groups is 1. The quantitative estimate of drug-likeness (QED) is 0.848. The highest BCUT2D eigenvalue weighted by Gasteiger charge is 2.37. The smallest absolute Gasteiger partial charge is 0.276 e. The number of nitrogens with one attached hydrogen (secondary N) is 1. The molecule has 0 unspecified atom stereocenters. The summed E-state index contributed by atoms with van der Waals surface area (Å²) in [6, 6.07) is 13.2. The molecule has 8 heteroatoms. The Kier molecular flexibility index (Phi) is 4.05. The zero-order chi connectivity index (χ0) is 18.2. The number of carbonyl (C=O) groups excluding carboxylic acids is 1. The van der Waals surface area contributed by atoms with Gasteiger partial charge in [-0.3, -0.25) is 13.9 Å². The molecule has 0 fully saturated rings.